The number of nitrogens with one attached hydrogen (secondary N) is 1. The Hall–Kier alpha value is -2.75. The molecule has 124 valence electrons. The van der Waals surface area contributed by atoms with Crippen molar-refractivity contribution >= 4 is 44.6 Å². The highest BCUT2D eigenvalue weighted by molar-refractivity contribution is 9.10. The smallest absolute Gasteiger partial charge is 0.358 e. The fourth-order valence-electron chi connectivity index (χ4n) is 2.29. The van der Waals surface area contributed by atoms with Crippen LogP contribution in [0.5, 0.6) is 0 Å². The zero-order valence-electron chi connectivity index (χ0n) is 12.6. The van der Waals surface area contributed by atoms with Crippen LogP contribution >= 0.6 is 15.9 Å². The lowest BCUT2D eigenvalue weighted by Crippen LogP contribution is -2.17. The molecule has 10 heteroatoms. The summed E-state index contributed by atoms with van der Waals surface area (Å²) in [6.07, 6.45) is 1.59. The number of nitrogens with zero attached hydrogens (tertiary/aromatic N) is 5. The number of para-hydroxylation sites is 2. The van der Waals surface area contributed by atoms with Crippen LogP contribution in [0.3, 0.4) is 0 Å². The van der Waals surface area contributed by atoms with Crippen molar-refractivity contribution in [2.45, 2.75) is 13.0 Å². The number of amides is 1. The summed E-state index contributed by atoms with van der Waals surface area (Å²) in [4.78, 5) is 26.6. The molecule has 3 rings (SSSR count). The van der Waals surface area contributed by atoms with Gasteiger partial charge in [-0.25, -0.2) is 4.98 Å². The van der Waals surface area contributed by atoms with Crippen molar-refractivity contribution < 1.29 is 9.72 Å². The highest BCUT2D eigenvalue weighted by Crippen LogP contribution is 2.22. The minimum Gasteiger partial charge on any atom is -0.358 e. The topological polar surface area (TPSA) is 108 Å². The number of aromatic nitrogens is 4. The number of fused-ring (bicyclic) bond motifs is 1. The fraction of sp³-hybridized carbons (Fsp3) is 0.214. The van der Waals surface area contributed by atoms with Crippen molar-refractivity contribution in [1.29, 1.82) is 0 Å². The zero-order valence-corrected chi connectivity index (χ0v) is 14.2. The molecule has 0 saturated heterocycles. The van der Waals surface area contributed by atoms with Gasteiger partial charge in [0.15, 0.2) is 0 Å². The number of hydrogen-bond donors (Lipinski definition) is 1. The molecule has 0 bridgehead atoms. The number of rotatable bonds is 5. The molecule has 0 saturated carbocycles. The monoisotopic (exact) mass is 392 g/mol. The number of anilines is 1. The molecular formula is C14H13BrN6O3. The quantitative estimate of drug-likeness (QED) is 0.529. The summed E-state index contributed by atoms with van der Waals surface area (Å²) in [6.45, 7) is 0.224. The number of carbonyl (C=O) groups excluding carboxylic acids is 1. The van der Waals surface area contributed by atoms with Gasteiger partial charge in [-0.15, -0.1) is 0 Å². The summed E-state index contributed by atoms with van der Waals surface area (Å²) in [5, 5.41) is 17.3. The SMILES string of the molecule is Cn1c(NC(=O)CCn2cc(Br)c([N+](=O)[O-])n2)nc2ccccc21. The first-order valence-corrected chi connectivity index (χ1v) is 7.83. The lowest BCUT2D eigenvalue weighted by molar-refractivity contribution is -0.390. The average Bonchev–Trinajstić information content (AvgIpc) is 3.07. The third-order valence-electron chi connectivity index (χ3n) is 3.48. The van der Waals surface area contributed by atoms with Crippen molar-refractivity contribution in [2.75, 3.05) is 5.32 Å². The molecule has 2 heterocycles. The molecule has 0 atom stereocenters. The van der Waals surface area contributed by atoms with E-state index in [2.05, 4.69) is 31.3 Å². The molecule has 0 unspecified atom stereocenters. The Labute approximate surface area is 144 Å². The third-order valence-corrected chi connectivity index (χ3v) is 4.04. The normalized spacial score (nSPS) is 10.9. The summed E-state index contributed by atoms with van der Waals surface area (Å²) in [5.74, 6) is -0.0673. The highest BCUT2D eigenvalue weighted by Gasteiger charge is 2.19. The van der Waals surface area contributed by atoms with Gasteiger partial charge in [0.05, 0.1) is 28.9 Å². The Balaban J connectivity index is 1.66. The van der Waals surface area contributed by atoms with Crippen molar-refractivity contribution in [2.24, 2.45) is 7.05 Å². The number of aryl methyl sites for hydroxylation is 2. The Morgan fingerprint density at radius 1 is 1.42 bits per heavy atom. The van der Waals surface area contributed by atoms with Crippen molar-refractivity contribution in [1.82, 2.24) is 19.3 Å². The largest absolute Gasteiger partial charge is 0.404 e. The van der Waals surface area contributed by atoms with Crippen LogP contribution in [-0.2, 0) is 18.4 Å². The van der Waals surface area contributed by atoms with E-state index in [1.54, 1.807) is 4.57 Å². The van der Waals surface area contributed by atoms with E-state index in [1.807, 2.05) is 31.3 Å². The van der Waals surface area contributed by atoms with Crippen LogP contribution < -0.4 is 5.32 Å². The first kappa shape index (κ1) is 16.1. The Morgan fingerprint density at radius 2 is 2.17 bits per heavy atom. The second-order valence-electron chi connectivity index (χ2n) is 5.10. The molecule has 0 aliphatic carbocycles. The highest BCUT2D eigenvalue weighted by atomic mass is 79.9. The average molecular weight is 393 g/mol. The second-order valence-corrected chi connectivity index (χ2v) is 5.96. The summed E-state index contributed by atoms with van der Waals surface area (Å²) in [6, 6.07) is 7.56. The first-order valence-electron chi connectivity index (χ1n) is 7.04. The third kappa shape index (κ3) is 3.13. The van der Waals surface area contributed by atoms with E-state index in [0.717, 1.165) is 11.0 Å². The summed E-state index contributed by atoms with van der Waals surface area (Å²) in [7, 11) is 1.82. The second kappa shape index (κ2) is 6.40. The van der Waals surface area contributed by atoms with Crippen LogP contribution in [0.1, 0.15) is 6.42 Å². The molecule has 3 aromatic rings. The number of hydrogen-bond acceptors (Lipinski definition) is 5. The van der Waals surface area contributed by atoms with Gasteiger partial charge in [0.25, 0.3) is 0 Å². The lowest BCUT2D eigenvalue weighted by atomic mass is 10.3. The van der Waals surface area contributed by atoms with Gasteiger partial charge in [-0.1, -0.05) is 12.1 Å². The van der Waals surface area contributed by atoms with Gasteiger partial charge in [-0.05, 0) is 33.0 Å². The molecule has 0 aliphatic rings. The van der Waals surface area contributed by atoms with Gasteiger partial charge in [0.1, 0.15) is 4.47 Å². The van der Waals surface area contributed by atoms with Gasteiger partial charge in [0, 0.05) is 13.5 Å². The van der Waals surface area contributed by atoms with E-state index in [4.69, 9.17) is 0 Å². The molecule has 9 nitrogen and oxygen atoms in total. The molecule has 1 N–H and O–H groups in total. The summed E-state index contributed by atoms with van der Waals surface area (Å²) >= 11 is 3.07. The van der Waals surface area contributed by atoms with Gasteiger partial charge in [-0.3, -0.25) is 10.1 Å². The summed E-state index contributed by atoms with van der Waals surface area (Å²) in [5.41, 5.74) is 1.71. The van der Waals surface area contributed by atoms with Crippen LogP contribution in [0.2, 0.25) is 0 Å². The van der Waals surface area contributed by atoms with Gasteiger partial charge >= 0.3 is 5.82 Å². The maximum atomic E-state index is 12.1. The summed E-state index contributed by atoms with van der Waals surface area (Å²) < 4.78 is 3.43. The maximum absolute atomic E-state index is 12.1. The van der Waals surface area contributed by atoms with Crippen LogP contribution in [-0.4, -0.2) is 30.2 Å². The molecule has 0 radical (unpaired) electrons. The van der Waals surface area contributed by atoms with Crippen molar-refractivity contribution in [3.8, 4) is 0 Å². The van der Waals surface area contributed by atoms with E-state index < -0.39 is 4.92 Å². The fourth-order valence-corrected chi connectivity index (χ4v) is 2.75. The number of benzene rings is 1. The Kier molecular flexibility index (Phi) is 4.30. The van der Waals surface area contributed by atoms with E-state index in [0.29, 0.717) is 5.95 Å². The number of halogens is 1. The van der Waals surface area contributed by atoms with Crippen molar-refractivity contribution in [3.63, 3.8) is 0 Å². The molecule has 1 amide bonds. The van der Waals surface area contributed by atoms with Crippen LogP contribution in [0.25, 0.3) is 11.0 Å². The first-order chi connectivity index (χ1) is 11.5. The van der Waals surface area contributed by atoms with Crippen molar-refractivity contribution in [3.05, 3.63) is 45.0 Å². The minimum absolute atomic E-state index is 0.120. The lowest BCUT2D eigenvalue weighted by Gasteiger charge is -2.04. The van der Waals surface area contributed by atoms with Gasteiger partial charge in [-0.2, -0.15) is 4.68 Å². The molecular weight excluding hydrogens is 380 g/mol. The number of carbonyl (C=O) groups is 1. The van der Waals surface area contributed by atoms with E-state index in [1.165, 1.54) is 10.9 Å². The predicted molar refractivity (Wildman–Crippen MR) is 90.5 cm³/mol. The molecule has 2 aromatic heterocycles. The standard InChI is InChI=1S/C14H13BrN6O3/c1-19-11-5-3-2-4-10(11)16-14(19)17-12(22)6-7-20-8-9(15)13(18-20)21(23)24/h2-5,8H,6-7H2,1H3,(H,16,17,22). The number of nitro groups is 1. The van der Waals surface area contributed by atoms with E-state index in [-0.39, 0.29) is 29.2 Å². The van der Waals surface area contributed by atoms with Crippen LogP contribution in [0.15, 0.2) is 34.9 Å². The molecule has 1 aromatic carbocycles. The Bertz CT molecular complexity index is 932. The zero-order chi connectivity index (χ0) is 17.3. The van der Waals surface area contributed by atoms with Gasteiger partial charge < -0.3 is 14.7 Å². The van der Waals surface area contributed by atoms with Crippen LogP contribution in [0, 0.1) is 10.1 Å². The Morgan fingerprint density at radius 3 is 2.83 bits per heavy atom. The molecule has 24 heavy (non-hydrogen) atoms. The van der Waals surface area contributed by atoms with Crippen LogP contribution in [0.4, 0.5) is 11.8 Å². The molecule has 0 spiro atoms. The molecule has 0 aliphatic heterocycles. The maximum Gasteiger partial charge on any atom is 0.404 e. The van der Waals surface area contributed by atoms with Gasteiger partial charge in [0.2, 0.25) is 11.9 Å². The predicted octanol–water partition coefficient (Wildman–Crippen LogP) is 2.47. The van der Waals surface area contributed by atoms with E-state index in [9.17, 15) is 14.9 Å². The van der Waals surface area contributed by atoms with E-state index >= 15 is 0 Å². The minimum atomic E-state index is -0.583. The molecule has 0 fully saturated rings. The number of imidazole rings is 1.